The predicted molar refractivity (Wildman–Crippen MR) is 51.9 cm³/mol. The number of hydrogen-bond acceptors (Lipinski definition) is 3. The second-order valence-corrected chi connectivity index (χ2v) is 2.89. The monoisotopic (exact) mass is 181 g/mol. The molecule has 1 aromatic rings. The summed E-state index contributed by atoms with van der Waals surface area (Å²) in [6.45, 7) is 0.521. The molecule has 0 radical (unpaired) electrons. The number of nitrogens with two attached hydrogens (primary N) is 1. The summed E-state index contributed by atoms with van der Waals surface area (Å²) in [7, 11) is 1.62. The number of methoxy groups -OCH3 is 1. The van der Waals surface area contributed by atoms with Crippen LogP contribution < -0.4 is 10.5 Å². The van der Waals surface area contributed by atoms with Crippen molar-refractivity contribution in [3.63, 3.8) is 0 Å². The minimum Gasteiger partial charge on any atom is -0.497 e. The zero-order chi connectivity index (χ0) is 9.68. The Morgan fingerprint density at radius 2 is 2.31 bits per heavy atom. The fourth-order valence-electron chi connectivity index (χ4n) is 1.21. The molecule has 0 heterocycles. The fraction of sp³-hybridized carbons (Fsp3) is 0.400. The third-order valence-corrected chi connectivity index (χ3v) is 2.07. The lowest BCUT2D eigenvalue weighted by Crippen LogP contribution is -2.15. The van der Waals surface area contributed by atoms with Crippen LogP contribution in [0.4, 0.5) is 0 Å². The summed E-state index contributed by atoms with van der Waals surface area (Å²) >= 11 is 0. The van der Waals surface area contributed by atoms with Gasteiger partial charge >= 0.3 is 0 Å². The van der Waals surface area contributed by atoms with Crippen LogP contribution in [0.1, 0.15) is 11.5 Å². The van der Waals surface area contributed by atoms with Gasteiger partial charge in [-0.15, -0.1) is 0 Å². The molecular formula is C10H15NO2. The van der Waals surface area contributed by atoms with E-state index >= 15 is 0 Å². The Hall–Kier alpha value is -1.06. The molecule has 0 fully saturated rings. The number of ether oxygens (including phenoxy) is 1. The van der Waals surface area contributed by atoms with Gasteiger partial charge in [0.15, 0.2) is 0 Å². The van der Waals surface area contributed by atoms with Crippen molar-refractivity contribution in [3.8, 4) is 5.75 Å². The molecule has 13 heavy (non-hydrogen) atoms. The molecule has 1 aromatic carbocycles. The molecule has 72 valence electrons. The number of rotatable bonds is 4. The highest BCUT2D eigenvalue weighted by molar-refractivity contribution is 5.31. The van der Waals surface area contributed by atoms with Crippen molar-refractivity contribution < 1.29 is 9.84 Å². The lowest BCUT2D eigenvalue weighted by atomic mass is 10.0. The van der Waals surface area contributed by atoms with Crippen molar-refractivity contribution in [1.29, 1.82) is 0 Å². The zero-order valence-corrected chi connectivity index (χ0v) is 7.73. The third kappa shape index (κ3) is 2.44. The van der Waals surface area contributed by atoms with E-state index in [1.807, 2.05) is 24.3 Å². The van der Waals surface area contributed by atoms with Gasteiger partial charge < -0.3 is 15.6 Å². The Morgan fingerprint density at radius 1 is 1.54 bits per heavy atom. The van der Waals surface area contributed by atoms with Gasteiger partial charge in [-0.1, -0.05) is 12.1 Å². The Balaban J connectivity index is 2.86. The van der Waals surface area contributed by atoms with Crippen LogP contribution in [0.3, 0.4) is 0 Å². The first-order chi connectivity index (χ1) is 6.31. The summed E-state index contributed by atoms with van der Waals surface area (Å²) < 4.78 is 5.07. The van der Waals surface area contributed by atoms with Gasteiger partial charge in [0, 0.05) is 12.5 Å². The van der Waals surface area contributed by atoms with Crippen molar-refractivity contribution in [3.05, 3.63) is 29.8 Å². The van der Waals surface area contributed by atoms with Crippen molar-refractivity contribution in [2.24, 2.45) is 5.73 Å². The molecule has 1 rings (SSSR count). The van der Waals surface area contributed by atoms with E-state index in [9.17, 15) is 0 Å². The van der Waals surface area contributed by atoms with Gasteiger partial charge in [0.1, 0.15) is 5.75 Å². The second kappa shape index (κ2) is 4.84. The SMILES string of the molecule is COc1cccc(C(CN)CO)c1. The Labute approximate surface area is 78.1 Å². The molecule has 0 bridgehead atoms. The van der Waals surface area contributed by atoms with Crippen molar-refractivity contribution >= 4 is 0 Å². The Kier molecular flexibility index (Phi) is 3.73. The first kappa shape index (κ1) is 10.0. The highest BCUT2D eigenvalue weighted by atomic mass is 16.5. The van der Waals surface area contributed by atoms with Gasteiger partial charge in [-0.05, 0) is 17.7 Å². The summed E-state index contributed by atoms with van der Waals surface area (Å²) in [4.78, 5) is 0. The topological polar surface area (TPSA) is 55.5 Å². The molecule has 3 N–H and O–H groups in total. The van der Waals surface area contributed by atoms with Crippen molar-refractivity contribution in [2.75, 3.05) is 20.3 Å². The highest BCUT2D eigenvalue weighted by Crippen LogP contribution is 2.19. The van der Waals surface area contributed by atoms with E-state index in [1.165, 1.54) is 0 Å². The summed E-state index contributed by atoms with van der Waals surface area (Å²) in [5.41, 5.74) is 6.52. The quantitative estimate of drug-likeness (QED) is 0.720. The molecule has 1 atom stereocenters. The molecule has 3 heteroatoms. The van der Waals surface area contributed by atoms with Gasteiger partial charge in [0.05, 0.1) is 13.7 Å². The lowest BCUT2D eigenvalue weighted by Gasteiger charge is -2.12. The molecular weight excluding hydrogens is 166 g/mol. The largest absolute Gasteiger partial charge is 0.497 e. The van der Waals surface area contributed by atoms with Gasteiger partial charge in [-0.2, -0.15) is 0 Å². The highest BCUT2D eigenvalue weighted by Gasteiger charge is 2.08. The smallest absolute Gasteiger partial charge is 0.119 e. The molecule has 0 amide bonds. The molecule has 0 aliphatic carbocycles. The Morgan fingerprint density at radius 3 is 2.85 bits per heavy atom. The minimum atomic E-state index is 0.00935. The normalized spacial score (nSPS) is 12.5. The lowest BCUT2D eigenvalue weighted by molar-refractivity contribution is 0.267. The average Bonchev–Trinajstić information content (AvgIpc) is 2.20. The standard InChI is InChI=1S/C10H15NO2/c1-13-10-4-2-3-8(5-10)9(6-11)7-12/h2-5,9,12H,6-7,11H2,1H3. The predicted octanol–water partition coefficient (Wildman–Crippen LogP) is 0.730. The summed E-state index contributed by atoms with van der Waals surface area (Å²) in [5.74, 6) is 0.805. The zero-order valence-electron chi connectivity index (χ0n) is 7.73. The minimum absolute atomic E-state index is 0.00935. The van der Waals surface area contributed by atoms with E-state index in [0.29, 0.717) is 6.54 Å². The van der Waals surface area contributed by atoms with Crippen LogP contribution in [-0.4, -0.2) is 25.4 Å². The van der Waals surface area contributed by atoms with Crippen LogP contribution in [-0.2, 0) is 0 Å². The fourth-order valence-corrected chi connectivity index (χ4v) is 1.21. The van der Waals surface area contributed by atoms with Crippen LogP contribution in [0, 0.1) is 0 Å². The second-order valence-electron chi connectivity index (χ2n) is 2.89. The van der Waals surface area contributed by atoms with Crippen molar-refractivity contribution in [1.82, 2.24) is 0 Å². The molecule has 0 saturated carbocycles. The van der Waals surface area contributed by atoms with Crippen LogP contribution in [0.25, 0.3) is 0 Å². The van der Waals surface area contributed by atoms with Gasteiger partial charge in [0.25, 0.3) is 0 Å². The summed E-state index contributed by atoms with van der Waals surface area (Å²) in [5, 5.41) is 9.02. The Bertz CT molecular complexity index is 259. The summed E-state index contributed by atoms with van der Waals surface area (Å²) in [6.07, 6.45) is 0. The number of aliphatic hydroxyl groups excluding tert-OH is 1. The van der Waals surface area contributed by atoms with E-state index in [2.05, 4.69) is 0 Å². The molecule has 0 aliphatic rings. The third-order valence-electron chi connectivity index (χ3n) is 2.07. The van der Waals surface area contributed by atoms with Crippen LogP contribution >= 0.6 is 0 Å². The van der Waals surface area contributed by atoms with Gasteiger partial charge in [0.2, 0.25) is 0 Å². The molecule has 3 nitrogen and oxygen atoms in total. The molecule has 0 aliphatic heterocycles. The number of aliphatic hydroxyl groups is 1. The van der Waals surface area contributed by atoms with E-state index in [4.69, 9.17) is 15.6 Å². The van der Waals surface area contributed by atoms with Crippen LogP contribution in [0.5, 0.6) is 5.75 Å². The molecule has 0 spiro atoms. The maximum Gasteiger partial charge on any atom is 0.119 e. The average molecular weight is 181 g/mol. The van der Waals surface area contributed by atoms with Crippen LogP contribution in [0.2, 0.25) is 0 Å². The molecule has 0 saturated heterocycles. The summed E-state index contributed by atoms with van der Waals surface area (Å²) in [6, 6.07) is 7.60. The first-order valence-electron chi connectivity index (χ1n) is 4.26. The van der Waals surface area contributed by atoms with Gasteiger partial charge in [-0.3, -0.25) is 0 Å². The van der Waals surface area contributed by atoms with Gasteiger partial charge in [-0.25, -0.2) is 0 Å². The first-order valence-corrected chi connectivity index (χ1v) is 4.26. The number of hydrogen-bond donors (Lipinski definition) is 2. The van der Waals surface area contributed by atoms with Crippen LogP contribution in [0.15, 0.2) is 24.3 Å². The van der Waals surface area contributed by atoms with E-state index in [1.54, 1.807) is 7.11 Å². The van der Waals surface area contributed by atoms with E-state index in [-0.39, 0.29) is 12.5 Å². The number of benzene rings is 1. The van der Waals surface area contributed by atoms with E-state index < -0.39 is 0 Å². The maximum absolute atomic E-state index is 9.02. The van der Waals surface area contributed by atoms with E-state index in [0.717, 1.165) is 11.3 Å². The molecule has 1 unspecified atom stereocenters. The van der Waals surface area contributed by atoms with Crippen molar-refractivity contribution in [2.45, 2.75) is 5.92 Å². The molecule has 0 aromatic heterocycles. The maximum atomic E-state index is 9.02.